The Balaban J connectivity index is 1.32. The first-order valence-electron chi connectivity index (χ1n) is 15.0. The molecule has 222 valence electrons. The Bertz CT molecular complexity index is 1380. The predicted octanol–water partition coefficient (Wildman–Crippen LogP) is 3.79. The lowest BCUT2D eigenvalue weighted by Crippen LogP contribution is -2.55. The largest absolute Gasteiger partial charge is 0.496 e. The molecule has 10 heteroatoms. The van der Waals surface area contributed by atoms with Crippen molar-refractivity contribution in [2.24, 2.45) is 0 Å². The summed E-state index contributed by atoms with van der Waals surface area (Å²) in [6.07, 6.45) is 7.60. The van der Waals surface area contributed by atoms with E-state index in [-0.39, 0.29) is 23.1 Å². The predicted molar refractivity (Wildman–Crippen MR) is 164 cm³/mol. The first kappa shape index (κ1) is 28.8. The molecule has 2 saturated heterocycles. The van der Waals surface area contributed by atoms with Crippen molar-refractivity contribution in [3.63, 3.8) is 0 Å². The van der Waals surface area contributed by atoms with Crippen LogP contribution in [0, 0.1) is 11.3 Å². The topological polar surface area (TPSA) is 94.8 Å². The molecule has 2 unspecified atom stereocenters. The van der Waals surface area contributed by atoms with Gasteiger partial charge >= 0.3 is 6.01 Å². The lowest BCUT2D eigenvalue weighted by Gasteiger charge is -2.44. The average molecular weight is 589 g/mol. The lowest BCUT2D eigenvalue weighted by atomic mass is 9.80. The van der Waals surface area contributed by atoms with Crippen LogP contribution in [0.1, 0.15) is 48.1 Å². The van der Waals surface area contributed by atoms with E-state index >= 15 is 0 Å². The van der Waals surface area contributed by atoms with Crippen molar-refractivity contribution < 1.29 is 14.3 Å². The molecule has 4 aliphatic rings. The second-order valence-corrected chi connectivity index (χ2v) is 13.4. The smallest absolute Gasteiger partial charge is 0.318 e. The van der Waals surface area contributed by atoms with E-state index in [2.05, 4.69) is 47.7 Å². The van der Waals surface area contributed by atoms with Crippen LogP contribution in [0.15, 0.2) is 30.9 Å². The van der Waals surface area contributed by atoms with Gasteiger partial charge in [-0.2, -0.15) is 15.2 Å². The van der Waals surface area contributed by atoms with Gasteiger partial charge in [0.25, 0.3) is 0 Å². The number of anilines is 1. The van der Waals surface area contributed by atoms with Crippen LogP contribution >= 0.6 is 11.8 Å². The van der Waals surface area contributed by atoms with Gasteiger partial charge in [-0.25, -0.2) is 0 Å². The number of carbonyl (C=O) groups excluding carboxylic acids is 1. The molecule has 1 spiro atoms. The van der Waals surface area contributed by atoms with Crippen LogP contribution in [0.4, 0.5) is 5.82 Å². The molecule has 2 fully saturated rings. The molecule has 3 atom stereocenters. The average Bonchev–Trinajstić information content (AvgIpc) is 3.43. The van der Waals surface area contributed by atoms with Gasteiger partial charge in [0.05, 0.1) is 31.3 Å². The number of methoxy groups -OCH3 is 1. The molecule has 0 N–H and O–H groups in total. The zero-order chi connectivity index (χ0) is 29.3. The quantitative estimate of drug-likeness (QED) is 0.448. The number of thioether (sulfide) groups is 1. The van der Waals surface area contributed by atoms with Crippen LogP contribution in [-0.4, -0.2) is 89.4 Å². The molecular weight excluding hydrogens is 548 g/mol. The number of nitriles is 1. The SMILES string of the molecule is C=CC(=O)N1CCN(c2nc(OCC3CCCN3C)nc3c2CC[C@@]2(C3)Cc3c(cccc3OC)CS2)CC1CC#N. The molecule has 4 heterocycles. The summed E-state index contributed by atoms with van der Waals surface area (Å²) in [7, 11) is 3.91. The van der Waals surface area contributed by atoms with Crippen LogP contribution in [-0.2, 0) is 29.8 Å². The van der Waals surface area contributed by atoms with E-state index in [9.17, 15) is 10.1 Å². The molecule has 2 aromatic rings. The zero-order valence-corrected chi connectivity index (χ0v) is 25.5. The van der Waals surface area contributed by atoms with Crippen LogP contribution in [0.3, 0.4) is 0 Å². The number of carbonyl (C=O) groups is 1. The summed E-state index contributed by atoms with van der Waals surface area (Å²) in [6.45, 7) is 7.03. The number of nitrogens with zero attached hydrogens (tertiary/aromatic N) is 6. The van der Waals surface area contributed by atoms with E-state index in [4.69, 9.17) is 19.4 Å². The second kappa shape index (κ2) is 12.1. The fourth-order valence-corrected chi connectivity index (χ4v) is 8.55. The zero-order valence-electron chi connectivity index (χ0n) is 24.7. The molecule has 0 saturated carbocycles. The minimum absolute atomic E-state index is 0.0433. The highest BCUT2D eigenvalue weighted by molar-refractivity contribution is 8.00. The van der Waals surface area contributed by atoms with E-state index in [1.807, 2.05) is 11.8 Å². The number of benzene rings is 1. The second-order valence-electron chi connectivity index (χ2n) is 12.0. The third-order valence-electron chi connectivity index (χ3n) is 9.50. The van der Waals surface area contributed by atoms with Crippen molar-refractivity contribution in [2.75, 3.05) is 51.8 Å². The third-order valence-corrected chi connectivity index (χ3v) is 11.1. The number of ether oxygens (including phenoxy) is 2. The molecule has 1 amide bonds. The first-order valence-corrected chi connectivity index (χ1v) is 16.0. The molecule has 3 aliphatic heterocycles. The van der Waals surface area contributed by atoms with Gasteiger partial charge in [0.2, 0.25) is 5.91 Å². The van der Waals surface area contributed by atoms with Crippen molar-refractivity contribution in [1.82, 2.24) is 19.8 Å². The van der Waals surface area contributed by atoms with Gasteiger partial charge in [-0.15, -0.1) is 11.8 Å². The Morgan fingerprint density at radius 3 is 2.88 bits per heavy atom. The summed E-state index contributed by atoms with van der Waals surface area (Å²) in [5.74, 6) is 2.71. The number of hydrogen-bond donors (Lipinski definition) is 0. The third kappa shape index (κ3) is 5.57. The number of rotatable bonds is 7. The summed E-state index contributed by atoms with van der Waals surface area (Å²) in [5, 5.41) is 9.53. The van der Waals surface area contributed by atoms with Gasteiger partial charge in [-0.3, -0.25) is 4.79 Å². The summed E-state index contributed by atoms with van der Waals surface area (Å²) in [6, 6.07) is 9.22. The summed E-state index contributed by atoms with van der Waals surface area (Å²) in [4.78, 5) is 29.0. The van der Waals surface area contributed by atoms with Crippen molar-refractivity contribution in [3.05, 3.63) is 53.2 Å². The van der Waals surface area contributed by atoms with E-state index in [1.54, 1.807) is 12.0 Å². The van der Waals surface area contributed by atoms with Crippen molar-refractivity contribution in [1.29, 1.82) is 5.26 Å². The molecule has 42 heavy (non-hydrogen) atoms. The number of piperazine rings is 1. The Hall–Kier alpha value is -3.29. The Morgan fingerprint density at radius 1 is 1.24 bits per heavy atom. The van der Waals surface area contributed by atoms with E-state index in [0.717, 1.165) is 61.7 Å². The minimum atomic E-state index is -0.218. The van der Waals surface area contributed by atoms with Crippen molar-refractivity contribution in [2.45, 2.75) is 67.5 Å². The van der Waals surface area contributed by atoms with Gasteiger partial charge < -0.3 is 24.2 Å². The van der Waals surface area contributed by atoms with Crippen LogP contribution in [0.2, 0.25) is 0 Å². The molecule has 1 aromatic carbocycles. The standard InChI is InChI=1S/C32H40N6O3S/c1-4-29(39)38-16-15-37(19-23(38)11-13-33)30-25-10-12-32(17-26-22(21-42-32)7-5-9-28(26)40-3)18-27(25)34-31(35-30)41-20-24-8-6-14-36(24)2/h4-5,7,9,23-24H,1,6,8,10-12,14-21H2,2-3H3/t23?,24?,32-/m0/s1. The summed E-state index contributed by atoms with van der Waals surface area (Å²) >= 11 is 2.04. The highest BCUT2D eigenvalue weighted by Crippen LogP contribution is 2.49. The first-order chi connectivity index (χ1) is 20.4. The minimum Gasteiger partial charge on any atom is -0.496 e. The molecule has 6 rings (SSSR count). The molecule has 1 aromatic heterocycles. The molecule has 9 nitrogen and oxygen atoms in total. The highest BCUT2D eigenvalue weighted by atomic mass is 32.2. The molecular formula is C32H40N6O3S. The van der Waals surface area contributed by atoms with Gasteiger partial charge in [-0.05, 0) is 69.0 Å². The van der Waals surface area contributed by atoms with Crippen molar-refractivity contribution in [3.8, 4) is 17.8 Å². The number of aromatic nitrogens is 2. The maximum Gasteiger partial charge on any atom is 0.318 e. The molecule has 0 radical (unpaired) electrons. The number of hydrogen-bond acceptors (Lipinski definition) is 9. The van der Waals surface area contributed by atoms with Gasteiger partial charge in [0, 0.05) is 48.2 Å². The van der Waals surface area contributed by atoms with E-state index in [1.165, 1.54) is 29.2 Å². The van der Waals surface area contributed by atoms with E-state index < -0.39 is 0 Å². The van der Waals surface area contributed by atoms with Crippen LogP contribution in [0.25, 0.3) is 0 Å². The van der Waals surface area contributed by atoms with Gasteiger partial charge in [0.1, 0.15) is 18.2 Å². The summed E-state index contributed by atoms with van der Waals surface area (Å²) in [5.41, 5.74) is 4.92. The Kier molecular flexibility index (Phi) is 8.33. The highest BCUT2D eigenvalue weighted by Gasteiger charge is 2.42. The maximum atomic E-state index is 12.5. The van der Waals surface area contributed by atoms with Gasteiger partial charge in [-0.1, -0.05) is 18.7 Å². The van der Waals surface area contributed by atoms with Crippen LogP contribution in [0.5, 0.6) is 11.8 Å². The van der Waals surface area contributed by atoms with Gasteiger partial charge in [0.15, 0.2) is 0 Å². The maximum absolute atomic E-state index is 12.5. The fraction of sp³-hybridized carbons (Fsp3) is 0.562. The molecule has 0 bridgehead atoms. The number of amides is 1. The van der Waals surface area contributed by atoms with E-state index in [0.29, 0.717) is 38.3 Å². The number of likely N-dealkylation sites (N-methyl/N-ethyl adjacent to an activating group) is 1. The number of fused-ring (bicyclic) bond motifs is 2. The fourth-order valence-electron chi connectivity index (χ4n) is 7.08. The van der Waals surface area contributed by atoms with Crippen molar-refractivity contribution >= 4 is 23.5 Å². The van der Waals surface area contributed by atoms with Crippen LogP contribution < -0.4 is 14.4 Å². The number of likely N-dealkylation sites (tertiary alicyclic amines) is 1. The lowest BCUT2D eigenvalue weighted by molar-refractivity contribution is -0.128. The normalized spacial score (nSPS) is 25.5. The summed E-state index contributed by atoms with van der Waals surface area (Å²) < 4.78 is 12.1. The molecule has 1 aliphatic carbocycles. The Labute approximate surface area is 252 Å². The monoisotopic (exact) mass is 588 g/mol. The Morgan fingerprint density at radius 2 is 2.12 bits per heavy atom.